The van der Waals surface area contributed by atoms with E-state index >= 15 is 0 Å². The molecule has 0 radical (unpaired) electrons. The van der Waals surface area contributed by atoms with Gasteiger partial charge in [0.15, 0.2) is 0 Å². The lowest BCUT2D eigenvalue weighted by Crippen LogP contribution is -2.26. The molecular formula is C10H15BrN6. The molecule has 2 heterocycles. The molecule has 1 unspecified atom stereocenters. The van der Waals surface area contributed by atoms with Gasteiger partial charge in [-0.15, -0.1) is 0 Å². The summed E-state index contributed by atoms with van der Waals surface area (Å²) < 4.78 is 2.80. The largest absolute Gasteiger partial charge is 0.302 e. The third-order valence-electron chi connectivity index (χ3n) is 2.52. The molecule has 0 spiro atoms. The zero-order valence-electron chi connectivity index (χ0n) is 9.81. The molecule has 0 saturated carbocycles. The topological polar surface area (TPSA) is 71.4 Å². The van der Waals surface area contributed by atoms with Gasteiger partial charge in [-0.1, -0.05) is 6.92 Å². The smallest absolute Gasteiger partial charge is 0.147 e. The maximum Gasteiger partial charge on any atom is 0.147 e. The van der Waals surface area contributed by atoms with Gasteiger partial charge in [0.25, 0.3) is 0 Å². The highest BCUT2D eigenvalue weighted by Crippen LogP contribution is 2.25. The average molecular weight is 299 g/mol. The van der Waals surface area contributed by atoms with Crippen LogP contribution < -0.4 is 5.32 Å². The number of rotatable bonds is 5. The summed E-state index contributed by atoms with van der Waals surface area (Å²) in [6.07, 6.45) is 4.35. The molecular weight excluding hydrogens is 284 g/mol. The Balaban J connectivity index is 2.33. The summed E-state index contributed by atoms with van der Waals surface area (Å²) in [5.41, 5.74) is 1.04. The molecule has 92 valence electrons. The van der Waals surface area contributed by atoms with Gasteiger partial charge in [-0.3, -0.25) is 9.78 Å². The number of halogens is 1. The summed E-state index contributed by atoms with van der Waals surface area (Å²) in [7, 11) is 1.91. The second-order valence-electron chi connectivity index (χ2n) is 3.76. The second-order valence-corrected chi connectivity index (χ2v) is 4.61. The molecule has 0 saturated heterocycles. The van der Waals surface area contributed by atoms with E-state index in [4.69, 9.17) is 0 Å². The average Bonchev–Trinajstić information content (AvgIpc) is 2.93. The Labute approximate surface area is 108 Å². The van der Waals surface area contributed by atoms with Crippen molar-refractivity contribution in [3.8, 4) is 0 Å². The van der Waals surface area contributed by atoms with Gasteiger partial charge in [0.2, 0.25) is 0 Å². The summed E-state index contributed by atoms with van der Waals surface area (Å²) >= 11 is 3.51. The fraction of sp³-hybridized carbons (Fsp3) is 0.500. The molecule has 17 heavy (non-hydrogen) atoms. The summed E-state index contributed by atoms with van der Waals surface area (Å²) in [6.45, 7) is 3.03. The van der Waals surface area contributed by atoms with Crippen LogP contribution in [0.15, 0.2) is 17.0 Å². The van der Waals surface area contributed by atoms with E-state index in [1.54, 1.807) is 6.20 Å². The van der Waals surface area contributed by atoms with Gasteiger partial charge in [-0.2, -0.15) is 10.2 Å². The van der Waals surface area contributed by atoms with Crippen molar-refractivity contribution < 1.29 is 0 Å². The van der Waals surface area contributed by atoms with Crippen molar-refractivity contribution in [2.45, 2.75) is 19.4 Å². The first-order valence-electron chi connectivity index (χ1n) is 5.50. The third-order valence-corrected chi connectivity index (χ3v) is 3.13. The Morgan fingerprint density at radius 3 is 2.94 bits per heavy atom. The molecule has 0 bridgehead atoms. The molecule has 0 aliphatic carbocycles. The number of hydrogen-bond acceptors (Lipinski definition) is 4. The van der Waals surface area contributed by atoms with Gasteiger partial charge in [0.1, 0.15) is 18.2 Å². The molecule has 7 heteroatoms. The van der Waals surface area contributed by atoms with E-state index in [2.05, 4.69) is 48.5 Å². The van der Waals surface area contributed by atoms with E-state index in [0.717, 1.165) is 29.0 Å². The predicted octanol–water partition coefficient (Wildman–Crippen LogP) is 1.39. The van der Waals surface area contributed by atoms with E-state index < -0.39 is 0 Å². The monoisotopic (exact) mass is 298 g/mol. The molecule has 6 nitrogen and oxygen atoms in total. The molecule has 0 aromatic carbocycles. The van der Waals surface area contributed by atoms with Gasteiger partial charge < -0.3 is 5.32 Å². The zero-order chi connectivity index (χ0) is 12.3. The van der Waals surface area contributed by atoms with E-state index in [-0.39, 0.29) is 6.04 Å². The molecule has 2 aromatic rings. The first kappa shape index (κ1) is 12.3. The lowest BCUT2D eigenvalue weighted by Gasteiger charge is -2.16. The first-order valence-corrected chi connectivity index (χ1v) is 6.29. The van der Waals surface area contributed by atoms with Gasteiger partial charge in [-0.05, 0) is 28.9 Å². The molecule has 2 N–H and O–H groups in total. The Hall–Kier alpha value is -1.21. The van der Waals surface area contributed by atoms with E-state index in [1.165, 1.54) is 6.33 Å². The lowest BCUT2D eigenvalue weighted by molar-refractivity contribution is 0.532. The highest BCUT2D eigenvalue weighted by atomic mass is 79.9. The molecule has 0 aliphatic heterocycles. The number of H-pyrrole nitrogens is 1. The molecule has 0 fully saturated rings. The number of aromatic nitrogens is 5. The summed E-state index contributed by atoms with van der Waals surface area (Å²) in [6, 6.07) is -0.0284. The van der Waals surface area contributed by atoms with Crippen molar-refractivity contribution in [3.63, 3.8) is 0 Å². The standard InChI is InChI=1S/C10H15BrN6/c1-3-4-12-8(10-13-6-14-16-10)9-7(11)5-15-17(9)2/h5-6,8,12H,3-4H2,1-2H3,(H,13,14,16). The van der Waals surface area contributed by atoms with Crippen LogP contribution in [0, 0.1) is 0 Å². The van der Waals surface area contributed by atoms with Crippen LogP contribution >= 0.6 is 15.9 Å². The predicted molar refractivity (Wildman–Crippen MR) is 67.4 cm³/mol. The maximum absolute atomic E-state index is 4.22. The van der Waals surface area contributed by atoms with Crippen molar-refractivity contribution in [3.05, 3.63) is 28.5 Å². The number of hydrogen-bond donors (Lipinski definition) is 2. The normalized spacial score (nSPS) is 12.9. The van der Waals surface area contributed by atoms with Crippen molar-refractivity contribution in [2.75, 3.05) is 6.54 Å². The van der Waals surface area contributed by atoms with Crippen molar-refractivity contribution >= 4 is 15.9 Å². The number of aryl methyl sites for hydroxylation is 1. The van der Waals surface area contributed by atoms with Crippen LogP contribution in [-0.4, -0.2) is 31.5 Å². The van der Waals surface area contributed by atoms with Crippen LogP contribution in [0.5, 0.6) is 0 Å². The maximum atomic E-state index is 4.22. The van der Waals surface area contributed by atoms with Crippen LogP contribution in [0.4, 0.5) is 0 Å². The first-order chi connectivity index (χ1) is 8.24. The van der Waals surface area contributed by atoms with Gasteiger partial charge in [-0.25, -0.2) is 4.98 Å². The Morgan fingerprint density at radius 1 is 1.59 bits per heavy atom. The van der Waals surface area contributed by atoms with Crippen LogP contribution in [-0.2, 0) is 7.05 Å². The Bertz CT molecular complexity index is 444. The third kappa shape index (κ3) is 2.55. The number of nitrogens with zero attached hydrogens (tertiary/aromatic N) is 4. The van der Waals surface area contributed by atoms with E-state index in [1.807, 2.05) is 11.7 Å². The van der Waals surface area contributed by atoms with Crippen molar-refractivity contribution in [2.24, 2.45) is 7.05 Å². The van der Waals surface area contributed by atoms with E-state index in [9.17, 15) is 0 Å². The summed E-state index contributed by atoms with van der Waals surface area (Å²) in [4.78, 5) is 4.22. The second kappa shape index (κ2) is 5.42. The molecule has 2 aromatic heterocycles. The Morgan fingerprint density at radius 2 is 2.41 bits per heavy atom. The molecule has 0 aliphatic rings. The molecule has 0 amide bonds. The highest BCUT2D eigenvalue weighted by Gasteiger charge is 2.22. The molecule has 1 atom stereocenters. The number of nitrogens with one attached hydrogen (secondary N) is 2. The minimum atomic E-state index is -0.0284. The minimum absolute atomic E-state index is 0.0284. The zero-order valence-corrected chi connectivity index (χ0v) is 11.4. The molecule has 2 rings (SSSR count). The van der Waals surface area contributed by atoms with Crippen LogP contribution in [0.25, 0.3) is 0 Å². The quantitative estimate of drug-likeness (QED) is 0.875. The Kier molecular flexibility index (Phi) is 3.90. The highest BCUT2D eigenvalue weighted by molar-refractivity contribution is 9.10. The summed E-state index contributed by atoms with van der Waals surface area (Å²) in [5, 5.41) is 14.5. The van der Waals surface area contributed by atoms with Crippen LogP contribution in [0.2, 0.25) is 0 Å². The van der Waals surface area contributed by atoms with Crippen molar-refractivity contribution in [1.29, 1.82) is 0 Å². The minimum Gasteiger partial charge on any atom is -0.302 e. The van der Waals surface area contributed by atoms with Gasteiger partial charge in [0.05, 0.1) is 16.4 Å². The van der Waals surface area contributed by atoms with Gasteiger partial charge in [0, 0.05) is 7.05 Å². The fourth-order valence-corrected chi connectivity index (χ4v) is 2.29. The summed E-state index contributed by atoms with van der Waals surface area (Å²) in [5.74, 6) is 0.794. The lowest BCUT2D eigenvalue weighted by atomic mass is 10.2. The van der Waals surface area contributed by atoms with Crippen molar-refractivity contribution in [1.82, 2.24) is 30.3 Å². The number of aromatic amines is 1. The van der Waals surface area contributed by atoms with E-state index in [0.29, 0.717) is 0 Å². The van der Waals surface area contributed by atoms with Gasteiger partial charge >= 0.3 is 0 Å². The SMILES string of the molecule is CCCNC(c1ncn[nH]1)c1c(Br)cnn1C. The van der Waals surface area contributed by atoms with Crippen LogP contribution in [0.1, 0.15) is 30.9 Å². The fourth-order valence-electron chi connectivity index (χ4n) is 1.71. The van der Waals surface area contributed by atoms with Crippen LogP contribution in [0.3, 0.4) is 0 Å².